The number of hydrogen-bond acceptors (Lipinski definition) is 12. The molecule has 0 heterocycles. The van der Waals surface area contributed by atoms with E-state index in [0.717, 1.165) is 24.8 Å². The maximum absolute atomic E-state index is 12.1. The van der Waals surface area contributed by atoms with E-state index < -0.39 is 10.1 Å². The van der Waals surface area contributed by atoms with Gasteiger partial charge in [-0.25, -0.2) is 0 Å². The second kappa shape index (κ2) is 26.9. The van der Waals surface area contributed by atoms with Crippen molar-refractivity contribution in [2.75, 3.05) is 106 Å². The molecule has 1 aromatic carbocycles. The molecular formula is C29H50O12S. The molecule has 244 valence electrons. The third kappa shape index (κ3) is 22.9. The van der Waals surface area contributed by atoms with E-state index >= 15 is 0 Å². The fraction of sp³-hybridized carbons (Fsp3) is 0.759. The first kappa shape index (κ1) is 38.3. The lowest BCUT2D eigenvalue weighted by Gasteiger charge is -2.09. The van der Waals surface area contributed by atoms with Gasteiger partial charge in [-0.05, 0) is 25.5 Å². The summed E-state index contributed by atoms with van der Waals surface area (Å²) in [6.45, 7) is 9.92. The van der Waals surface area contributed by atoms with Gasteiger partial charge in [-0.1, -0.05) is 37.5 Å². The molecule has 42 heavy (non-hydrogen) atoms. The lowest BCUT2D eigenvalue weighted by Crippen LogP contribution is -2.15. The summed E-state index contributed by atoms with van der Waals surface area (Å²) in [4.78, 5) is 11.6. The first-order valence-corrected chi connectivity index (χ1v) is 16.0. The number of esters is 1. The highest BCUT2D eigenvalue weighted by atomic mass is 32.2. The first-order valence-electron chi connectivity index (χ1n) is 14.6. The number of hydrogen-bond donors (Lipinski definition) is 0. The van der Waals surface area contributed by atoms with E-state index in [4.69, 9.17) is 42.1 Å². The van der Waals surface area contributed by atoms with Crippen LogP contribution in [-0.4, -0.2) is 120 Å². The molecule has 1 aromatic rings. The van der Waals surface area contributed by atoms with Crippen molar-refractivity contribution in [3.05, 3.63) is 29.8 Å². The number of benzene rings is 1. The Morgan fingerprint density at radius 2 is 0.952 bits per heavy atom. The van der Waals surface area contributed by atoms with Crippen molar-refractivity contribution < 1.29 is 55.3 Å². The zero-order valence-electron chi connectivity index (χ0n) is 25.3. The maximum atomic E-state index is 12.1. The van der Waals surface area contributed by atoms with Gasteiger partial charge in [0.2, 0.25) is 0 Å². The summed E-state index contributed by atoms with van der Waals surface area (Å²) in [5.74, 6) is -0.169. The molecular weight excluding hydrogens is 572 g/mol. The van der Waals surface area contributed by atoms with Crippen LogP contribution in [0.1, 0.15) is 38.2 Å². The van der Waals surface area contributed by atoms with Crippen LogP contribution in [0.25, 0.3) is 0 Å². The smallest absolute Gasteiger partial charge is 0.305 e. The molecule has 13 heteroatoms. The van der Waals surface area contributed by atoms with E-state index in [-0.39, 0.29) is 30.7 Å². The standard InChI is InChI=1S/C29H50O12S/c1-3-4-5-6-29(30)40-25-23-38-21-19-36-17-15-34-13-11-33-12-14-35-16-18-37-20-22-39-24-26-41-42(31,32)28-9-7-27(2)8-10-28/h7-10H,3-6,11-26H2,1-2H3. The van der Waals surface area contributed by atoms with E-state index in [1.165, 1.54) is 12.1 Å². The zero-order valence-corrected chi connectivity index (χ0v) is 26.1. The second-order valence-electron chi connectivity index (χ2n) is 9.05. The van der Waals surface area contributed by atoms with Crippen molar-refractivity contribution in [3.8, 4) is 0 Å². The zero-order chi connectivity index (χ0) is 30.6. The summed E-state index contributed by atoms with van der Waals surface area (Å²) in [5.41, 5.74) is 0.974. The summed E-state index contributed by atoms with van der Waals surface area (Å²) in [5, 5.41) is 0. The number of unbranched alkanes of at least 4 members (excludes halogenated alkanes) is 2. The van der Waals surface area contributed by atoms with E-state index in [9.17, 15) is 13.2 Å². The Bertz CT molecular complexity index is 864. The van der Waals surface area contributed by atoms with Gasteiger partial charge in [-0.2, -0.15) is 8.42 Å². The third-order valence-electron chi connectivity index (χ3n) is 5.48. The molecule has 0 saturated heterocycles. The Hall–Kier alpha value is -1.68. The molecule has 12 nitrogen and oxygen atoms in total. The van der Waals surface area contributed by atoms with Gasteiger partial charge in [-0.3, -0.25) is 8.98 Å². The molecule has 0 saturated carbocycles. The summed E-state index contributed by atoms with van der Waals surface area (Å²) in [6.07, 6.45) is 3.46. The first-order chi connectivity index (χ1) is 20.5. The fourth-order valence-corrected chi connectivity index (χ4v) is 4.10. The van der Waals surface area contributed by atoms with Gasteiger partial charge < -0.3 is 37.9 Å². The number of carbonyl (C=O) groups is 1. The van der Waals surface area contributed by atoms with Crippen LogP contribution in [0.5, 0.6) is 0 Å². The van der Waals surface area contributed by atoms with Gasteiger partial charge in [-0.15, -0.1) is 0 Å². The molecule has 0 atom stereocenters. The summed E-state index contributed by atoms with van der Waals surface area (Å²) in [6, 6.07) is 6.47. The highest BCUT2D eigenvalue weighted by Gasteiger charge is 2.14. The lowest BCUT2D eigenvalue weighted by molar-refractivity contribution is -0.145. The van der Waals surface area contributed by atoms with Gasteiger partial charge in [0.1, 0.15) is 6.61 Å². The molecule has 0 unspecified atom stereocenters. The van der Waals surface area contributed by atoms with Crippen molar-refractivity contribution in [2.24, 2.45) is 0 Å². The molecule has 0 aliphatic heterocycles. The number of ether oxygens (including phenoxy) is 8. The van der Waals surface area contributed by atoms with Crippen LogP contribution in [0.15, 0.2) is 29.2 Å². The SMILES string of the molecule is CCCCCC(=O)OCCOCCOCCOCCOCCOCCOCCOCCOS(=O)(=O)c1ccc(C)cc1. The number of rotatable bonds is 30. The molecule has 0 bridgehead atoms. The van der Waals surface area contributed by atoms with Gasteiger partial charge in [0.25, 0.3) is 10.1 Å². The molecule has 0 aliphatic rings. The van der Waals surface area contributed by atoms with Crippen LogP contribution in [0.4, 0.5) is 0 Å². The monoisotopic (exact) mass is 622 g/mol. The Morgan fingerprint density at radius 1 is 0.571 bits per heavy atom. The molecule has 0 fully saturated rings. The fourth-order valence-electron chi connectivity index (χ4n) is 3.20. The van der Waals surface area contributed by atoms with Crippen molar-refractivity contribution in [3.63, 3.8) is 0 Å². The molecule has 0 spiro atoms. The molecule has 0 amide bonds. The Morgan fingerprint density at radius 3 is 1.36 bits per heavy atom. The maximum Gasteiger partial charge on any atom is 0.305 e. The minimum Gasteiger partial charge on any atom is -0.463 e. The molecule has 0 radical (unpaired) electrons. The average molecular weight is 623 g/mol. The van der Waals surface area contributed by atoms with Crippen molar-refractivity contribution >= 4 is 16.1 Å². The summed E-state index contributed by atoms with van der Waals surface area (Å²) in [7, 11) is -3.77. The van der Waals surface area contributed by atoms with Crippen LogP contribution < -0.4 is 0 Å². The van der Waals surface area contributed by atoms with Crippen LogP contribution in [-0.2, 0) is 57.0 Å². The van der Waals surface area contributed by atoms with Crippen LogP contribution in [0.3, 0.4) is 0 Å². The Kier molecular flexibility index (Phi) is 24.6. The van der Waals surface area contributed by atoms with Gasteiger partial charge >= 0.3 is 5.97 Å². The Labute approximate surface area is 251 Å². The van der Waals surface area contributed by atoms with Crippen LogP contribution in [0.2, 0.25) is 0 Å². The van der Waals surface area contributed by atoms with E-state index in [2.05, 4.69) is 6.92 Å². The predicted molar refractivity (Wildman–Crippen MR) is 155 cm³/mol. The summed E-state index contributed by atoms with van der Waals surface area (Å²) < 4.78 is 72.0. The molecule has 1 rings (SSSR count). The predicted octanol–water partition coefficient (Wildman–Crippen LogP) is 2.94. The molecule has 0 N–H and O–H groups in total. The minimum atomic E-state index is -3.77. The lowest BCUT2D eigenvalue weighted by atomic mass is 10.2. The minimum absolute atomic E-state index is 0.0605. The quantitative estimate of drug-likeness (QED) is 0.0709. The van der Waals surface area contributed by atoms with Crippen molar-refractivity contribution in [1.82, 2.24) is 0 Å². The van der Waals surface area contributed by atoms with Crippen molar-refractivity contribution in [2.45, 2.75) is 44.4 Å². The van der Waals surface area contributed by atoms with Gasteiger partial charge in [0.05, 0.1) is 104 Å². The van der Waals surface area contributed by atoms with E-state index in [1.54, 1.807) is 12.1 Å². The third-order valence-corrected chi connectivity index (χ3v) is 6.81. The topological polar surface area (TPSA) is 134 Å². The highest BCUT2D eigenvalue weighted by molar-refractivity contribution is 7.86. The average Bonchev–Trinajstić information content (AvgIpc) is 2.97. The van der Waals surface area contributed by atoms with Crippen LogP contribution >= 0.6 is 0 Å². The van der Waals surface area contributed by atoms with Crippen molar-refractivity contribution in [1.29, 1.82) is 0 Å². The van der Waals surface area contributed by atoms with E-state index in [1.807, 2.05) is 6.92 Å². The highest BCUT2D eigenvalue weighted by Crippen LogP contribution is 2.12. The van der Waals surface area contributed by atoms with Gasteiger partial charge in [0.15, 0.2) is 0 Å². The largest absolute Gasteiger partial charge is 0.463 e. The Balaban J connectivity index is 1.73. The molecule has 0 aromatic heterocycles. The molecule has 0 aliphatic carbocycles. The normalized spacial score (nSPS) is 11.7. The second-order valence-corrected chi connectivity index (χ2v) is 10.7. The van der Waals surface area contributed by atoms with E-state index in [0.29, 0.717) is 92.3 Å². The van der Waals surface area contributed by atoms with Gasteiger partial charge in [0, 0.05) is 6.42 Å². The summed E-state index contributed by atoms with van der Waals surface area (Å²) >= 11 is 0. The number of carbonyl (C=O) groups excluding carboxylic acids is 1. The van der Waals surface area contributed by atoms with Crippen LogP contribution in [0, 0.1) is 6.92 Å². The number of aryl methyl sites for hydroxylation is 1.